The summed E-state index contributed by atoms with van der Waals surface area (Å²) in [6.07, 6.45) is 3.93. The second kappa shape index (κ2) is 4.52. The summed E-state index contributed by atoms with van der Waals surface area (Å²) in [4.78, 5) is 6.92. The summed E-state index contributed by atoms with van der Waals surface area (Å²) in [5.41, 5.74) is 8.49. The quantitative estimate of drug-likeness (QED) is 0.822. The summed E-state index contributed by atoms with van der Waals surface area (Å²) in [5, 5.41) is 0. The zero-order chi connectivity index (χ0) is 11.6. The fourth-order valence-electron chi connectivity index (χ4n) is 2.29. The fraction of sp³-hybridized carbons (Fsp3) is 0.615. The van der Waals surface area contributed by atoms with Crippen LogP contribution in [0.2, 0.25) is 0 Å². The topological polar surface area (TPSA) is 42.1 Å². The number of pyridine rings is 1. The number of piperidine rings is 1. The number of likely N-dealkylation sites (tertiary alicyclic amines) is 1. The van der Waals surface area contributed by atoms with Crippen molar-refractivity contribution in [1.29, 1.82) is 0 Å². The first-order chi connectivity index (χ1) is 7.64. The number of hydrogen-bond donors (Lipinski definition) is 1. The van der Waals surface area contributed by atoms with Crippen molar-refractivity contribution < 1.29 is 0 Å². The summed E-state index contributed by atoms with van der Waals surface area (Å²) in [6.45, 7) is 7.55. The minimum atomic E-state index is -0.209. The number of aromatic nitrogens is 1. The highest BCUT2D eigenvalue weighted by Crippen LogP contribution is 2.28. The molecule has 16 heavy (non-hydrogen) atoms. The van der Waals surface area contributed by atoms with E-state index in [9.17, 15) is 0 Å². The van der Waals surface area contributed by atoms with Crippen molar-refractivity contribution in [2.24, 2.45) is 5.73 Å². The highest BCUT2D eigenvalue weighted by molar-refractivity contribution is 5.20. The molecule has 0 atom stereocenters. The molecule has 1 aromatic heterocycles. The van der Waals surface area contributed by atoms with E-state index < -0.39 is 0 Å². The minimum absolute atomic E-state index is 0.209. The van der Waals surface area contributed by atoms with Gasteiger partial charge in [0.25, 0.3) is 0 Å². The normalized spacial score (nSPS) is 20.9. The predicted octanol–water partition coefficient (Wildman–Crippen LogP) is 1.66. The number of nitrogens with two attached hydrogens (primary N) is 1. The van der Waals surface area contributed by atoms with Crippen LogP contribution in [-0.2, 0) is 5.54 Å². The first-order valence-corrected chi connectivity index (χ1v) is 6.08. The van der Waals surface area contributed by atoms with Crippen molar-refractivity contribution in [3.05, 3.63) is 29.6 Å². The molecule has 1 fully saturated rings. The van der Waals surface area contributed by atoms with Crippen LogP contribution >= 0.6 is 0 Å². The van der Waals surface area contributed by atoms with Crippen LogP contribution in [0.4, 0.5) is 0 Å². The lowest BCUT2D eigenvalue weighted by Gasteiger charge is -2.38. The molecule has 88 valence electrons. The summed E-state index contributed by atoms with van der Waals surface area (Å²) < 4.78 is 0. The third kappa shape index (κ3) is 2.25. The zero-order valence-corrected chi connectivity index (χ0v) is 10.2. The van der Waals surface area contributed by atoms with Gasteiger partial charge in [0.05, 0.1) is 11.2 Å². The molecule has 0 bridgehead atoms. The van der Waals surface area contributed by atoms with Gasteiger partial charge in [-0.25, -0.2) is 0 Å². The smallest absolute Gasteiger partial charge is 0.0608 e. The van der Waals surface area contributed by atoms with Gasteiger partial charge in [0.15, 0.2) is 0 Å². The van der Waals surface area contributed by atoms with Gasteiger partial charge in [0.2, 0.25) is 0 Å². The molecule has 0 radical (unpaired) electrons. The molecule has 2 rings (SSSR count). The minimum Gasteiger partial charge on any atom is -0.320 e. The Balaban J connectivity index is 2.11. The van der Waals surface area contributed by atoms with E-state index in [0.717, 1.165) is 38.2 Å². The Hall–Kier alpha value is -0.930. The molecule has 1 saturated heterocycles. The maximum Gasteiger partial charge on any atom is 0.0608 e. The molecule has 0 saturated carbocycles. The predicted molar refractivity (Wildman–Crippen MR) is 66.2 cm³/mol. The van der Waals surface area contributed by atoms with Crippen molar-refractivity contribution in [3.63, 3.8) is 0 Å². The van der Waals surface area contributed by atoms with E-state index in [-0.39, 0.29) is 5.54 Å². The average Bonchev–Trinajstić information content (AvgIpc) is 2.31. The van der Waals surface area contributed by atoms with Crippen LogP contribution in [0.3, 0.4) is 0 Å². The first-order valence-electron chi connectivity index (χ1n) is 6.08. The monoisotopic (exact) mass is 219 g/mol. The van der Waals surface area contributed by atoms with Crippen LogP contribution in [0.15, 0.2) is 18.3 Å². The number of hydrogen-bond acceptors (Lipinski definition) is 3. The summed E-state index contributed by atoms with van der Waals surface area (Å²) in [5.74, 6) is 0. The molecule has 2 N–H and O–H groups in total. The van der Waals surface area contributed by atoms with E-state index in [2.05, 4.69) is 35.9 Å². The standard InChI is InChI=1S/C13H21N3/c1-3-16-8-6-13(14,7-9-16)12-5-4-11(2)10-15-12/h4-5,10H,3,6-9,14H2,1-2H3. The van der Waals surface area contributed by atoms with Gasteiger partial charge < -0.3 is 10.6 Å². The van der Waals surface area contributed by atoms with Crippen LogP contribution < -0.4 is 5.73 Å². The van der Waals surface area contributed by atoms with Crippen LogP contribution in [0.1, 0.15) is 31.0 Å². The maximum atomic E-state index is 6.46. The highest BCUT2D eigenvalue weighted by Gasteiger charge is 2.32. The third-order valence-electron chi connectivity index (χ3n) is 3.62. The number of nitrogens with zero attached hydrogens (tertiary/aromatic N) is 2. The Morgan fingerprint density at radius 1 is 1.38 bits per heavy atom. The van der Waals surface area contributed by atoms with Gasteiger partial charge in [0.1, 0.15) is 0 Å². The van der Waals surface area contributed by atoms with Gasteiger partial charge in [-0.2, -0.15) is 0 Å². The molecule has 0 aromatic carbocycles. The van der Waals surface area contributed by atoms with E-state index >= 15 is 0 Å². The van der Waals surface area contributed by atoms with E-state index in [1.165, 1.54) is 5.56 Å². The Morgan fingerprint density at radius 2 is 2.06 bits per heavy atom. The van der Waals surface area contributed by atoms with E-state index in [1.54, 1.807) is 0 Å². The van der Waals surface area contributed by atoms with Gasteiger partial charge in [-0.15, -0.1) is 0 Å². The van der Waals surface area contributed by atoms with Crippen molar-refractivity contribution in [1.82, 2.24) is 9.88 Å². The third-order valence-corrected chi connectivity index (χ3v) is 3.62. The van der Waals surface area contributed by atoms with Gasteiger partial charge in [-0.1, -0.05) is 13.0 Å². The molecule has 1 aromatic rings. The Labute approximate surface area is 97.7 Å². The Morgan fingerprint density at radius 3 is 2.56 bits per heavy atom. The summed E-state index contributed by atoms with van der Waals surface area (Å²) in [7, 11) is 0. The summed E-state index contributed by atoms with van der Waals surface area (Å²) in [6, 6.07) is 4.18. The molecule has 3 nitrogen and oxygen atoms in total. The second-order valence-corrected chi connectivity index (χ2v) is 4.81. The molecule has 3 heteroatoms. The fourth-order valence-corrected chi connectivity index (χ4v) is 2.29. The molecule has 1 aliphatic heterocycles. The number of aryl methyl sites for hydroxylation is 1. The van der Waals surface area contributed by atoms with E-state index in [0.29, 0.717) is 0 Å². The van der Waals surface area contributed by atoms with Crippen molar-refractivity contribution >= 4 is 0 Å². The van der Waals surface area contributed by atoms with Crippen LogP contribution in [0.5, 0.6) is 0 Å². The molecule has 1 aliphatic rings. The van der Waals surface area contributed by atoms with Gasteiger partial charge in [-0.3, -0.25) is 4.98 Å². The van der Waals surface area contributed by atoms with Crippen LogP contribution in [-0.4, -0.2) is 29.5 Å². The molecule has 0 aliphatic carbocycles. The molecular formula is C13H21N3. The van der Waals surface area contributed by atoms with Crippen LogP contribution in [0.25, 0.3) is 0 Å². The summed E-state index contributed by atoms with van der Waals surface area (Å²) >= 11 is 0. The lowest BCUT2D eigenvalue weighted by Crippen LogP contribution is -2.48. The molecule has 0 spiro atoms. The molecular weight excluding hydrogens is 198 g/mol. The Kier molecular flexibility index (Phi) is 3.26. The molecule has 0 amide bonds. The van der Waals surface area contributed by atoms with Gasteiger partial charge in [0, 0.05) is 19.3 Å². The maximum absolute atomic E-state index is 6.46. The van der Waals surface area contributed by atoms with E-state index in [1.807, 2.05) is 6.20 Å². The lowest BCUT2D eigenvalue weighted by molar-refractivity contribution is 0.166. The van der Waals surface area contributed by atoms with E-state index in [4.69, 9.17) is 5.73 Å². The number of rotatable bonds is 2. The zero-order valence-electron chi connectivity index (χ0n) is 10.2. The second-order valence-electron chi connectivity index (χ2n) is 4.81. The SMILES string of the molecule is CCN1CCC(N)(c2ccc(C)cn2)CC1. The van der Waals surface area contributed by atoms with Gasteiger partial charge in [-0.05, 0) is 37.9 Å². The van der Waals surface area contributed by atoms with Crippen molar-refractivity contribution in [2.45, 2.75) is 32.2 Å². The largest absolute Gasteiger partial charge is 0.320 e. The van der Waals surface area contributed by atoms with Crippen LogP contribution in [0, 0.1) is 6.92 Å². The first kappa shape index (κ1) is 11.6. The average molecular weight is 219 g/mol. The highest BCUT2D eigenvalue weighted by atomic mass is 15.1. The van der Waals surface area contributed by atoms with Crippen molar-refractivity contribution in [2.75, 3.05) is 19.6 Å². The lowest BCUT2D eigenvalue weighted by atomic mass is 9.85. The van der Waals surface area contributed by atoms with Gasteiger partial charge >= 0.3 is 0 Å². The Bertz CT molecular complexity index is 337. The molecule has 2 heterocycles. The van der Waals surface area contributed by atoms with Crippen molar-refractivity contribution in [3.8, 4) is 0 Å². The molecule has 0 unspecified atom stereocenters.